The van der Waals surface area contributed by atoms with Crippen molar-refractivity contribution in [2.24, 2.45) is 5.16 Å². The zero-order valence-corrected chi connectivity index (χ0v) is 18.3. The average Bonchev–Trinajstić information content (AvgIpc) is 3.41. The van der Waals surface area contributed by atoms with Crippen LogP contribution in [0.1, 0.15) is 40.5 Å². The van der Waals surface area contributed by atoms with Gasteiger partial charge in [0.2, 0.25) is 0 Å². The minimum Gasteiger partial charge on any atom is -0.488 e. The Hall–Kier alpha value is -3.19. The SMILES string of the molecule is Cc1ccc(-c2nc(C)c(COc3ccc([C@H](CC(=O)O)C4=NOCC4)cc3)s2)cc1. The van der Waals surface area contributed by atoms with Crippen LogP contribution in [0.15, 0.2) is 53.7 Å². The molecule has 4 rings (SSSR count). The molecule has 0 fully saturated rings. The van der Waals surface area contributed by atoms with Crippen molar-refractivity contribution in [1.29, 1.82) is 0 Å². The van der Waals surface area contributed by atoms with Gasteiger partial charge in [0.25, 0.3) is 0 Å². The highest BCUT2D eigenvalue weighted by Gasteiger charge is 2.25. The van der Waals surface area contributed by atoms with Crippen LogP contribution in [0.2, 0.25) is 0 Å². The summed E-state index contributed by atoms with van der Waals surface area (Å²) in [5.41, 5.74) is 4.98. The summed E-state index contributed by atoms with van der Waals surface area (Å²) < 4.78 is 5.98. The summed E-state index contributed by atoms with van der Waals surface area (Å²) in [5.74, 6) is -0.410. The van der Waals surface area contributed by atoms with Crippen LogP contribution in [-0.2, 0) is 16.2 Å². The molecule has 7 heteroatoms. The number of hydrogen-bond donors (Lipinski definition) is 1. The third-order valence-corrected chi connectivity index (χ3v) is 6.44. The van der Waals surface area contributed by atoms with Gasteiger partial charge in [-0.15, -0.1) is 11.3 Å². The predicted octanol–water partition coefficient (Wildman–Crippen LogP) is 5.34. The number of rotatable bonds is 8. The van der Waals surface area contributed by atoms with Crippen molar-refractivity contribution >= 4 is 23.0 Å². The molecule has 1 atom stereocenters. The average molecular weight is 437 g/mol. The maximum absolute atomic E-state index is 11.3. The Bertz CT molecular complexity index is 1090. The largest absolute Gasteiger partial charge is 0.488 e. The Morgan fingerprint density at radius 1 is 1.16 bits per heavy atom. The van der Waals surface area contributed by atoms with E-state index >= 15 is 0 Å². The molecule has 0 radical (unpaired) electrons. The standard InChI is InChI=1S/C24H24N2O4S/c1-15-3-5-18(6-4-15)24-25-16(2)22(31-24)14-29-19-9-7-17(8-10-19)20(13-23(27)28)21-11-12-30-26-21/h3-10,20H,11-14H2,1-2H3,(H,27,28)/t20-/m0/s1. The number of carboxylic acid groups (broad SMARTS) is 1. The lowest BCUT2D eigenvalue weighted by Crippen LogP contribution is -2.15. The summed E-state index contributed by atoms with van der Waals surface area (Å²) in [6.07, 6.45) is 0.647. The van der Waals surface area contributed by atoms with Crippen molar-refractivity contribution in [2.45, 2.75) is 39.2 Å². The molecule has 1 aliphatic heterocycles. The number of nitrogens with zero attached hydrogens (tertiary/aromatic N) is 2. The number of hydrogen-bond acceptors (Lipinski definition) is 6. The topological polar surface area (TPSA) is 81.0 Å². The van der Waals surface area contributed by atoms with Crippen LogP contribution >= 0.6 is 11.3 Å². The van der Waals surface area contributed by atoms with E-state index in [9.17, 15) is 9.90 Å². The molecule has 0 saturated heterocycles. The summed E-state index contributed by atoms with van der Waals surface area (Å²) in [4.78, 5) is 22.1. The molecule has 0 saturated carbocycles. The van der Waals surface area contributed by atoms with E-state index < -0.39 is 5.97 Å². The van der Waals surface area contributed by atoms with Crippen LogP contribution in [-0.4, -0.2) is 28.4 Å². The fraction of sp³-hybridized carbons (Fsp3) is 0.292. The van der Waals surface area contributed by atoms with Gasteiger partial charge in [0.1, 0.15) is 24.0 Å². The highest BCUT2D eigenvalue weighted by Crippen LogP contribution is 2.30. The normalized spacial score (nSPS) is 14.1. The number of benzene rings is 2. The minimum atomic E-state index is -0.857. The number of aromatic nitrogens is 1. The summed E-state index contributed by atoms with van der Waals surface area (Å²) in [5, 5.41) is 14.3. The number of aryl methyl sites for hydroxylation is 2. The summed E-state index contributed by atoms with van der Waals surface area (Å²) in [6.45, 7) is 5.01. The van der Waals surface area contributed by atoms with Gasteiger partial charge >= 0.3 is 5.97 Å². The number of carboxylic acids is 1. The molecule has 160 valence electrons. The van der Waals surface area contributed by atoms with Crippen molar-refractivity contribution in [3.63, 3.8) is 0 Å². The molecule has 0 bridgehead atoms. The Kier molecular flexibility index (Phi) is 6.32. The van der Waals surface area contributed by atoms with Gasteiger partial charge in [0.15, 0.2) is 0 Å². The molecular formula is C24H24N2O4S. The van der Waals surface area contributed by atoms with E-state index in [2.05, 4.69) is 41.3 Å². The summed E-state index contributed by atoms with van der Waals surface area (Å²) >= 11 is 1.64. The van der Waals surface area contributed by atoms with Crippen molar-refractivity contribution in [1.82, 2.24) is 4.98 Å². The van der Waals surface area contributed by atoms with E-state index in [1.54, 1.807) is 11.3 Å². The van der Waals surface area contributed by atoms with E-state index in [-0.39, 0.29) is 12.3 Å². The molecule has 1 N–H and O–H groups in total. The molecule has 0 spiro atoms. The second-order valence-corrected chi connectivity index (χ2v) is 8.65. The first-order chi connectivity index (χ1) is 15.0. The predicted molar refractivity (Wildman–Crippen MR) is 121 cm³/mol. The third-order valence-electron chi connectivity index (χ3n) is 5.26. The van der Waals surface area contributed by atoms with Gasteiger partial charge < -0.3 is 14.7 Å². The van der Waals surface area contributed by atoms with Gasteiger partial charge in [0, 0.05) is 17.9 Å². The molecular weight excluding hydrogens is 412 g/mol. The molecule has 2 heterocycles. The van der Waals surface area contributed by atoms with E-state index in [0.717, 1.165) is 38.2 Å². The smallest absolute Gasteiger partial charge is 0.304 e. The van der Waals surface area contributed by atoms with Crippen LogP contribution in [0.5, 0.6) is 5.75 Å². The van der Waals surface area contributed by atoms with E-state index in [0.29, 0.717) is 19.6 Å². The Morgan fingerprint density at radius 3 is 2.55 bits per heavy atom. The zero-order valence-electron chi connectivity index (χ0n) is 17.5. The number of carbonyl (C=O) groups is 1. The molecule has 0 unspecified atom stereocenters. The van der Waals surface area contributed by atoms with Crippen LogP contribution in [0, 0.1) is 13.8 Å². The third kappa shape index (κ3) is 5.11. The van der Waals surface area contributed by atoms with Gasteiger partial charge in [-0.25, -0.2) is 4.98 Å². The Morgan fingerprint density at radius 2 is 1.90 bits per heavy atom. The van der Waals surface area contributed by atoms with Crippen molar-refractivity contribution < 1.29 is 19.5 Å². The highest BCUT2D eigenvalue weighted by atomic mass is 32.1. The first-order valence-corrected chi connectivity index (χ1v) is 11.0. The van der Waals surface area contributed by atoms with E-state index in [4.69, 9.17) is 9.57 Å². The lowest BCUT2D eigenvalue weighted by molar-refractivity contribution is -0.137. The number of thiazole rings is 1. The maximum Gasteiger partial charge on any atom is 0.304 e. The summed E-state index contributed by atoms with van der Waals surface area (Å²) in [7, 11) is 0. The van der Waals surface area contributed by atoms with Gasteiger partial charge in [0.05, 0.1) is 22.7 Å². The number of aliphatic carboxylic acids is 1. The highest BCUT2D eigenvalue weighted by molar-refractivity contribution is 7.15. The fourth-order valence-corrected chi connectivity index (χ4v) is 4.47. The molecule has 6 nitrogen and oxygen atoms in total. The summed E-state index contributed by atoms with van der Waals surface area (Å²) in [6, 6.07) is 15.9. The first-order valence-electron chi connectivity index (χ1n) is 10.2. The fourth-order valence-electron chi connectivity index (χ4n) is 3.49. The zero-order chi connectivity index (χ0) is 21.8. The van der Waals surface area contributed by atoms with Crippen molar-refractivity contribution in [3.8, 4) is 16.3 Å². The second-order valence-electron chi connectivity index (χ2n) is 7.57. The van der Waals surface area contributed by atoms with Crippen LogP contribution < -0.4 is 4.74 Å². The van der Waals surface area contributed by atoms with Crippen molar-refractivity contribution in [3.05, 3.63) is 70.2 Å². The van der Waals surface area contributed by atoms with Crippen molar-refractivity contribution in [2.75, 3.05) is 6.61 Å². The Labute approximate surface area is 185 Å². The maximum atomic E-state index is 11.3. The molecule has 0 amide bonds. The van der Waals surface area contributed by atoms with Gasteiger partial charge in [-0.3, -0.25) is 4.79 Å². The quantitative estimate of drug-likeness (QED) is 0.515. The molecule has 3 aromatic rings. The number of ether oxygens (including phenoxy) is 1. The monoisotopic (exact) mass is 436 g/mol. The van der Waals surface area contributed by atoms with Crippen LogP contribution in [0.25, 0.3) is 10.6 Å². The lowest BCUT2D eigenvalue weighted by atomic mass is 9.89. The second kappa shape index (κ2) is 9.31. The van der Waals surface area contributed by atoms with Crippen LogP contribution in [0.3, 0.4) is 0 Å². The molecule has 31 heavy (non-hydrogen) atoms. The van der Waals surface area contributed by atoms with Gasteiger partial charge in [-0.2, -0.15) is 0 Å². The Balaban J connectivity index is 1.43. The van der Waals surface area contributed by atoms with Gasteiger partial charge in [-0.05, 0) is 31.5 Å². The van der Waals surface area contributed by atoms with E-state index in [1.807, 2.05) is 31.2 Å². The molecule has 0 aliphatic carbocycles. The molecule has 2 aromatic carbocycles. The van der Waals surface area contributed by atoms with Crippen LogP contribution in [0.4, 0.5) is 0 Å². The molecule has 1 aliphatic rings. The van der Waals surface area contributed by atoms with Gasteiger partial charge in [-0.1, -0.05) is 47.1 Å². The molecule has 1 aromatic heterocycles. The number of oxime groups is 1. The van der Waals surface area contributed by atoms with E-state index in [1.165, 1.54) is 5.56 Å². The minimum absolute atomic E-state index is 0.00968. The lowest BCUT2D eigenvalue weighted by Gasteiger charge is -2.15. The first kappa shape index (κ1) is 21.1.